The molecule has 0 saturated carbocycles. The van der Waals surface area contributed by atoms with Gasteiger partial charge in [0.15, 0.2) is 0 Å². The first-order valence-electron chi connectivity index (χ1n) is 21.3. The fraction of sp³-hybridized carbons (Fsp3) is 0.340. The number of aromatic nitrogens is 2. The summed E-state index contributed by atoms with van der Waals surface area (Å²) in [5, 5.41) is 35.9. The van der Waals surface area contributed by atoms with Gasteiger partial charge in [0.05, 0.1) is 17.8 Å². The summed E-state index contributed by atoms with van der Waals surface area (Å²) in [5.41, 5.74) is 6.39. The van der Waals surface area contributed by atoms with Crippen molar-refractivity contribution in [3.05, 3.63) is 119 Å². The lowest BCUT2D eigenvalue weighted by molar-refractivity contribution is -0.132. The maximum absolute atomic E-state index is 13.5. The van der Waals surface area contributed by atoms with E-state index in [-0.39, 0.29) is 40.5 Å². The zero-order chi connectivity index (χ0) is 42.9. The van der Waals surface area contributed by atoms with Crippen LogP contribution in [0.15, 0.2) is 85.5 Å². The fourth-order valence-corrected chi connectivity index (χ4v) is 9.18. The summed E-state index contributed by atoms with van der Waals surface area (Å²) in [6, 6.07) is 22.0. The maximum atomic E-state index is 13.5. The highest BCUT2D eigenvalue weighted by atomic mass is 16.3. The summed E-state index contributed by atoms with van der Waals surface area (Å²) in [6.07, 6.45) is 2.36. The first-order chi connectivity index (χ1) is 30.1. The molecule has 0 spiro atoms. The van der Waals surface area contributed by atoms with Gasteiger partial charge >= 0.3 is 0 Å². The van der Waals surface area contributed by atoms with Crippen LogP contribution in [0, 0.1) is 0 Å². The van der Waals surface area contributed by atoms with E-state index in [0.29, 0.717) is 84.2 Å². The van der Waals surface area contributed by atoms with Gasteiger partial charge in [0, 0.05) is 120 Å². The van der Waals surface area contributed by atoms with E-state index in [2.05, 4.69) is 50.9 Å². The molecular weight excluding hydrogens is 787 g/mol. The number of piperazine rings is 2. The summed E-state index contributed by atoms with van der Waals surface area (Å²) in [6.45, 7) is 12.1. The van der Waals surface area contributed by atoms with Crippen molar-refractivity contribution >= 4 is 45.9 Å². The number of phenolic OH excluding ortho intramolecular Hbond substituents is 3. The lowest BCUT2D eigenvalue weighted by Crippen LogP contribution is -2.49. The molecule has 5 aromatic rings. The van der Waals surface area contributed by atoms with E-state index in [9.17, 15) is 29.7 Å². The maximum Gasteiger partial charge on any atom is 0.258 e. The number of nitrogens with zero attached hydrogens (tertiary/aromatic N) is 8. The van der Waals surface area contributed by atoms with Crippen LogP contribution < -0.4 is 15.1 Å². The number of fused-ring (bicyclic) bond motifs is 3. The predicted octanol–water partition coefficient (Wildman–Crippen LogP) is 4.45. The number of amides is 3. The minimum absolute atomic E-state index is 0.0715. The number of benzene rings is 4. The molecule has 0 aliphatic carbocycles. The molecule has 2 saturated heterocycles. The molecule has 2 fully saturated rings. The molecule has 4 aliphatic heterocycles. The van der Waals surface area contributed by atoms with Crippen LogP contribution in [0.2, 0.25) is 0 Å². The van der Waals surface area contributed by atoms with Crippen LogP contribution in [-0.2, 0) is 42.2 Å². The highest BCUT2D eigenvalue weighted by Gasteiger charge is 2.30. The summed E-state index contributed by atoms with van der Waals surface area (Å²) in [4.78, 5) is 61.3. The number of phenols is 3. The van der Waals surface area contributed by atoms with Gasteiger partial charge in [-0.1, -0.05) is 49.0 Å². The average molecular weight is 838 g/mol. The van der Waals surface area contributed by atoms with Crippen molar-refractivity contribution in [2.75, 3.05) is 80.6 Å². The van der Waals surface area contributed by atoms with Crippen molar-refractivity contribution in [1.29, 1.82) is 0 Å². The monoisotopic (exact) mass is 837 g/mol. The number of rotatable bonds is 10. The summed E-state index contributed by atoms with van der Waals surface area (Å²) < 4.78 is 0. The second-order valence-corrected chi connectivity index (χ2v) is 16.5. The highest BCUT2D eigenvalue weighted by molar-refractivity contribution is 5.97. The predicted molar refractivity (Wildman–Crippen MR) is 236 cm³/mol. The number of carbonyl (C=O) groups excluding carboxylic acids is 3. The Bertz CT molecular complexity index is 2550. The van der Waals surface area contributed by atoms with Crippen molar-refractivity contribution in [2.24, 2.45) is 0 Å². The topological polar surface area (TPSA) is 169 Å². The largest absolute Gasteiger partial charge is 0.508 e. The van der Waals surface area contributed by atoms with Gasteiger partial charge in [-0.05, 0) is 52.8 Å². The van der Waals surface area contributed by atoms with Crippen LogP contribution in [0.4, 0.5) is 17.5 Å². The molecule has 4 aromatic carbocycles. The molecule has 0 unspecified atom stereocenters. The van der Waals surface area contributed by atoms with E-state index >= 15 is 0 Å². The second kappa shape index (κ2) is 17.2. The third-order valence-electron chi connectivity index (χ3n) is 12.5. The lowest BCUT2D eigenvalue weighted by atomic mass is 10.0. The molecule has 4 N–H and O–H groups in total. The molecule has 0 atom stereocenters. The van der Waals surface area contributed by atoms with E-state index in [1.54, 1.807) is 15.9 Å². The number of aromatic hydroxyl groups is 3. The molecule has 3 amide bonds. The third kappa shape index (κ3) is 8.40. The van der Waals surface area contributed by atoms with Gasteiger partial charge in [-0.3, -0.25) is 19.3 Å². The number of carbonyl (C=O) groups is 3. The molecule has 320 valence electrons. The Labute approximate surface area is 360 Å². The van der Waals surface area contributed by atoms with Crippen LogP contribution >= 0.6 is 0 Å². The van der Waals surface area contributed by atoms with Gasteiger partial charge in [-0.25, -0.2) is 4.98 Å². The Kier molecular flexibility index (Phi) is 11.3. The summed E-state index contributed by atoms with van der Waals surface area (Å²) >= 11 is 0. The molecule has 62 heavy (non-hydrogen) atoms. The first kappa shape index (κ1) is 40.5. The molecule has 1 aromatic heterocycles. The van der Waals surface area contributed by atoms with E-state index < -0.39 is 0 Å². The van der Waals surface area contributed by atoms with Crippen LogP contribution in [0.25, 0.3) is 10.8 Å². The van der Waals surface area contributed by atoms with Crippen molar-refractivity contribution in [3.8, 4) is 17.2 Å². The highest BCUT2D eigenvalue weighted by Crippen LogP contribution is 2.37. The average Bonchev–Trinajstić information content (AvgIpc) is 3.72. The third-order valence-corrected chi connectivity index (χ3v) is 12.5. The Balaban J connectivity index is 0.813. The number of anilines is 3. The Morgan fingerprint density at radius 3 is 2.29 bits per heavy atom. The minimum Gasteiger partial charge on any atom is -0.508 e. The molecule has 4 aliphatic rings. The minimum atomic E-state index is -0.281. The SMILES string of the molecule is C=CC(=O)N1CCN(c2nc(NCCC(=O)N3CCN(Cc4ccc5c(c4)CN(C(=O)c4ccc(O)cc4O)C5)CC3)nc3c2CCN(c2cc(O)cc4ccccc24)C3)CC1. The van der Waals surface area contributed by atoms with Gasteiger partial charge in [-0.15, -0.1) is 0 Å². The zero-order valence-corrected chi connectivity index (χ0v) is 34.7. The van der Waals surface area contributed by atoms with Crippen LogP contribution in [0.1, 0.15) is 44.7 Å². The van der Waals surface area contributed by atoms with E-state index in [1.165, 1.54) is 24.3 Å². The van der Waals surface area contributed by atoms with E-state index in [4.69, 9.17) is 9.97 Å². The van der Waals surface area contributed by atoms with E-state index in [1.807, 2.05) is 29.2 Å². The first-order valence-corrected chi connectivity index (χ1v) is 21.3. The number of hydrogen-bond donors (Lipinski definition) is 4. The molecule has 9 rings (SSSR count). The lowest BCUT2D eigenvalue weighted by Gasteiger charge is -2.38. The van der Waals surface area contributed by atoms with Gasteiger partial charge in [0.2, 0.25) is 17.8 Å². The van der Waals surface area contributed by atoms with Gasteiger partial charge in [-0.2, -0.15) is 4.98 Å². The van der Waals surface area contributed by atoms with Crippen molar-refractivity contribution in [1.82, 2.24) is 29.6 Å². The second-order valence-electron chi connectivity index (χ2n) is 16.5. The summed E-state index contributed by atoms with van der Waals surface area (Å²) in [5.74, 6) is 0.916. The zero-order valence-electron chi connectivity index (χ0n) is 34.7. The Hall–Kier alpha value is -6.87. The Morgan fingerprint density at radius 1 is 0.726 bits per heavy atom. The van der Waals surface area contributed by atoms with E-state index in [0.717, 1.165) is 76.4 Å². The molecule has 15 heteroatoms. The molecule has 0 bridgehead atoms. The van der Waals surface area contributed by atoms with Gasteiger partial charge < -0.3 is 45.1 Å². The summed E-state index contributed by atoms with van der Waals surface area (Å²) in [7, 11) is 0. The molecule has 15 nitrogen and oxygen atoms in total. The van der Waals surface area contributed by atoms with Crippen molar-refractivity contribution in [2.45, 2.75) is 39.0 Å². The fourth-order valence-electron chi connectivity index (χ4n) is 9.18. The standard InChI is InChI=1S/C47H51N9O6/c1-2-43(60)52-19-21-54(22-20-52)45-38-12-14-55(41-25-36(58)24-32-5-3-4-6-37(32)41)30-40(38)49-47(50-45)48-13-11-44(61)53-17-15-51(16-18-53)27-31-7-8-33-28-56(29-34(33)23-31)46(62)39-10-9-35(57)26-42(39)59/h2-10,23-26,57-59H,1,11-22,27-30H2,(H,48,49,50). The molecular formula is C47H51N9O6. The number of nitrogens with one attached hydrogen (secondary N) is 1. The molecule has 5 heterocycles. The quantitative estimate of drug-likeness (QED) is 0.146. The van der Waals surface area contributed by atoms with Gasteiger partial charge in [0.1, 0.15) is 23.1 Å². The van der Waals surface area contributed by atoms with Crippen LogP contribution in [-0.4, -0.2) is 128 Å². The molecule has 0 radical (unpaired) electrons. The van der Waals surface area contributed by atoms with Crippen LogP contribution in [0.3, 0.4) is 0 Å². The van der Waals surface area contributed by atoms with Crippen LogP contribution in [0.5, 0.6) is 17.2 Å². The normalized spacial score (nSPS) is 16.6. The van der Waals surface area contributed by atoms with Crippen molar-refractivity contribution < 1.29 is 29.7 Å². The Morgan fingerprint density at radius 2 is 1.50 bits per heavy atom. The van der Waals surface area contributed by atoms with Crippen molar-refractivity contribution in [3.63, 3.8) is 0 Å². The number of hydrogen-bond acceptors (Lipinski definition) is 12. The van der Waals surface area contributed by atoms with Gasteiger partial charge in [0.25, 0.3) is 5.91 Å². The smallest absolute Gasteiger partial charge is 0.258 e.